The van der Waals surface area contributed by atoms with Gasteiger partial charge < -0.3 is 10.1 Å². The summed E-state index contributed by atoms with van der Waals surface area (Å²) in [4.78, 5) is 51.0. The standard InChI is InChI=1S/C20H25N3O5S/c1-12-5-6-14-13(9-12)10-15(29-14)17(25)28-11-16(24)22-23-18(26)20(21-19(23)27)7-3-2-4-8-20/h10,12H,2-9,11H2,1H3,(H,21,27)(H,22,24)/t12-/m1/s1. The Bertz CT molecular complexity index is 858. The molecule has 0 bridgehead atoms. The molecule has 3 aliphatic rings. The molecular formula is C20H25N3O5S. The maximum absolute atomic E-state index is 12.6. The summed E-state index contributed by atoms with van der Waals surface area (Å²) in [6.07, 6.45) is 6.90. The fourth-order valence-corrected chi connectivity index (χ4v) is 5.48. The Labute approximate surface area is 172 Å². The van der Waals surface area contributed by atoms with Crippen LogP contribution in [0.4, 0.5) is 4.79 Å². The van der Waals surface area contributed by atoms with Gasteiger partial charge in [-0.15, -0.1) is 11.3 Å². The summed E-state index contributed by atoms with van der Waals surface area (Å²) in [5, 5.41) is 3.43. The number of amides is 4. The Morgan fingerprint density at radius 3 is 2.83 bits per heavy atom. The first-order valence-corrected chi connectivity index (χ1v) is 10.9. The number of carbonyl (C=O) groups excluding carboxylic acids is 4. The zero-order valence-electron chi connectivity index (χ0n) is 16.4. The Morgan fingerprint density at radius 2 is 2.07 bits per heavy atom. The number of carbonyl (C=O) groups is 4. The number of nitrogens with zero attached hydrogens (tertiary/aromatic N) is 1. The molecule has 29 heavy (non-hydrogen) atoms. The third-order valence-electron chi connectivity index (χ3n) is 5.97. The number of urea groups is 1. The van der Waals surface area contributed by atoms with Gasteiger partial charge in [-0.2, -0.15) is 5.01 Å². The van der Waals surface area contributed by atoms with Crippen molar-refractivity contribution in [1.82, 2.24) is 15.8 Å². The number of thiophene rings is 1. The number of imide groups is 1. The molecule has 0 aromatic carbocycles. The van der Waals surface area contributed by atoms with E-state index >= 15 is 0 Å². The van der Waals surface area contributed by atoms with Crippen LogP contribution in [0.1, 0.15) is 65.6 Å². The van der Waals surface area contributed by atoms with Gasteiger partial charge in [-0.05, 0) is 49.7 Å². The second kappa shape index (κ2) is 7.78. The van der Waals surface area contributed by atoms with Crippen molar-refractivity contribution in [3.8, 4) is 0 Å². The van der Waals surface area contributed by atoms with Gasteiger partial charge in [0.1, 0.15) is 10.4 Å². The normalized spacial score (nSPS) is 22.9. The monoisotopic (exact) mass is 419 g/mol. The van der Waals surface area contributed by atoms with E-state index in [9.17, 15) is 19.2 Å². The summed E-state index contributed by atoms with van der Waals surface area (Å²) in [5.74, 6) is -1.12. The Kier molecular flexibility index (Phi) is 5.33. The minimum Gasteiger partial charge on any atom is -0.451 e. The van der Waals surface area contributed by atoms with Crippen molar-refractivity contribution in [3.63, 3.8) is 0 Å². The van der Waals surface area contributed by atoms with Crippen LogP contribution in [0.3, 0.4) is 0 Å². The van der Waals surface area contributed by atoms with Crippen LogP contribution in [-0.2, 0) is 27.2 Å². The van der Waals surface area contributed by atoms with Crippen LogP contribution < -0.4 is 10.7 Å². The van der Waals surface area contributed by atoms with Crippen molar-refractivity contribution in [2.24, 2.45) is 5.92 Å². The highest BCUT2D eigenvalue weighted by molar-refractivity contribution is 7.14. The number of hydrazine groups is 1. The lowest BCUT2D eigenvalue weighted by Gasteiger charge is -2.30. The number of hydrogen-bond acceptors (Lipinski definition) is 6. The molecule has 1 atom stereocenters. The number of fused-ring (bicyclic) bond motifs is 1. The molecule has 9 heteroatoms. The van der Waals surface area contributed by atoms with Gasteiger partial charge >= 0.3 is 12.0 Å². The zero-order valence-corrected chi connectivity index (χ0v) is 17.2. The lowest BCUT2D eigenvalue weighted by atomic mass is 9.82. The van der Waals surface area contributed by atoms with E-state index in [4.69, 9.17) is 4.74 Å². The molecule has 1 saturated carbocycles. The number of rotatable bonds is 4. The minimum absolute atomic E-state index is 0.443. The van der Waals surface area contributed by atoms with E-state index in [0.29, 0.717) is 28.6 Å². The molecule has 1 aromatic rings. The molecule has 1 aliphatic heterocycles. The molecule has 156 valence electrons. The van der Waals surface area contributed by atoms with Crippen molar-refractivity contribution in [2.75, 3.05) is 6.61 Å². The Hall–Kier alpha value is -2.42. The van der Waals surface area contributed by atoms with E-state index in [-0.39, 0.29) is 0 Å². The summed E-state index contributed by atoms with van der Waals surface area (Å²) in [5.41, 5.74) is 2.54. The van der Waals surface area contributed by atoms with Gasteiger partial charge in [0.15, 0.2) is 6.61 Å². The lowest BCUT2D eigenvalue weighted by molar-refractivity contribution is -0.140. The summed E-state index contributed by atoms with van der Waals surface area (Å²) < 4.78 is 5.10. The molecule has 0 radical (unpaired) electrons. The molecule has 1 aromatic heterocycles. The van der Waals surface area contributed by atoms with Gasteiger partial charge in [-0.3, -0.25) is 15.0 Å². The maximum atomic E-state index is 12.6. The SMILES string of the molecule is C[C@@H]1CCc2sc(C(=O)OCC(=O)NN3C(=O)NC4(CCCCC4)C3=O)cc2C1. The molecule has 8 nitrogen and oxygen atoms in total. The smallest absolute Gasteiger partial charge is 0.348 e. The van der Waals surface area contributed by atoms with E-state index in [1.807, 2.05) is 6.07 Å². The van der Waals surface area contributed by atoms with Gasteiger partial charge in [-0.1, -0.05) is 26.2 Å². The molecular weight excluding hydrogens is 394 g/mol. The largest absolute Gasteiger partial charge is 0.451 e. The fourth-order valence-electron chi connectivity index (χ4n) is 4.38. The first-order chi connectivity index (χ1) is 13.9. The van der Waals surface area contributed by atoms with Crippen molar-refractivity contribution in [1.29, 1.82) is 0 Å². The van der Waals surface area contributed by atoms with Crippen molar-refractivity contribution in [3.05, 3.63) is 21.4 Å². The topological polar surface area (TPSA) is 105 Å². The second-order valence-electron chi connectivity index (χ2n) is 8.23. The van der Waals surface area contributed by atoms with E-state index in [0.717, 1.165) is 38.5 Å². The van der Waals surface area contributed by atoms with Crippen LogP contribution >= 0.6 is 11.3 Å². The average molecular weight is 420 g/mol. The summed E-state index contributed by atoms with van der Waals surface area (Å²) in [6, 6.07) is 1.21. The number of nitrogens with one attached hydrogen (secondary N) is 2. The number of esters is 1. The van der Waals surface area contributed by atoms with Gasteiger partial charge in [0.2, 0.25) is 0 Å². The van der Waals surface area contributed by atoms with Gasteiger partial charge in [0, 0.05) is 4.88 Å². The van der Waals surface area contributed by atoms with Crippen molar-refractivity contribution in [2.45, 2.75) is 63.8 Å². The molecule has 2 aliphatic carbocycles. The summed E-state index contributed by atoms with van der Waals surface area (Å²) in [7, 11) is 0. The molecule has 1 saturated heterocycles. The van der Waals surface area contributed by atoms with Crippen LogP contribution in [-0.4, -0.2) is 41.0 Å². The Morgan fingerprint density at radius 1 is 1.31 bits per heavy atom. The van der Waals surface area contributed by atoms with Crippen LogP contribution in [0, 0.1) is 5.92 Å². The van der Waals surface area contributed by atoms with E-state index in [1.165, 1.54) is 21.8 Å². The molecule has 4 amide bonds. The molecule has 1 spiro atoms. The van der Waals surface area contributed by atoms with E-state index in [1.54, 1.807) is 0 Å². The van der Waals surface area contributed by atoms with Crippen LogP contribution in [0.15, 0.2) is 6.07 Å². The predicted octanol–water partition coefficient (Wildman–Crippen LogP) is 2.32. The highest BCUT2D eigenvalue weighted by Gasteiger charge is 2.52. The number of hydrogen-bond donors (Lipinski definition) is 2. The van der Waals surface area contributed by atoms with Crippen LogP contribution in [0.5, 0.6) is 0 Å². The predicted molar refractivity (Wildman–Crippen MR) is 105 cm³/mol. The molecule has 2 fully saturated rings. The first-order valence-electron chi connectivity index (χ1n) is 10.1. The van der Waals surface area contributed by atoms with Crippen LogP contribution in [0.2, 0.25) is 0 Å². The average Bonchev–Trinajstić information content (AvgIpc) is 3.21. The van der Waals surface area contributed by atoms with Crippen molar-refractivity contribution >= 4 is 35.2 Å². The maximum Gasteiger partial charge on any atom is 0.348 e. The molecule has 4 rings (SSSR count). The number of aryl methyl sites for hydroxylation is 1. The van der Waals surface area contributed by atoms with E-state index < -0.39 is 36.0 Å². The van der Waals surface area contributed by atoms with Crippen molar-refractivity contribution < 1.29 is 23.9 Å². The summed E-state index contributed by atoms with van der Waals surface area (Å²) >= 11 is 1.41. The molecule has 2 heterocycles. The zero-order chi connectivity index (χ0) is 20.6. The minimum atomic E-state index is -0.910. The molecule has 2 N–H and O–H groups in total. The lowest BCUT2D eigenvalue weighted by Crippen LogP contribution is -2.51. The Balaban J connectivity index is 1.31. The second-order valence-corrected chi connectivity index (χ2v) is 9.37. The highest BCUT2D eigenvalue weighted by Crippen LogP contribution is 2.33. The van der Waals surface area contributed by atoms with E-state index in [2.05, 4.69) is 17.7 Å². The van der Waals surface area contributed by atoms with Gasteiger partial charge in [0.25, 0.3) is 11.8 Å². The third-order valence-corrected chi connectivity index (χ3v) is 7.19. The highest BCUT2D eigenvalue weighted by atomic mass is 32.1. The third kappa shape index (κ3) is 3.88. The number of ether oxygens (including phenoxy) is 1. The van der Waals surface area contributed by atoms with Gasteiger partial charge in [-0.25, -0.2) is 9.59 Å². The quantitative estimate of drug-likeness (QED) is 0.576. The van der Waals surface area contributed by atoms with Crippen LogP contribution in [0.25, 0.3) is 0 Å². The first kappa shape index (κ1) is 19.9. The van der Waals surface area contributed by atoms with Gasteiger partial charge in [0.05, 0.1) is 0 Å². The molecule has 0 unspecified atom stereocenters. The summed E-state index contributed by atoms with van der Waals surface area (Å²) in [6.45, 7) is 1.64. The fraction of sp³-hybridized carbons (Fsp3) is 0.600.